The van der Waals surface area contributed by atoms with Crippen LogP contribution in [-0.4, -0.2) is 39.5 Å². The Bertz CT molecular complexity index is 489. The number of hydrogen-bond donors (Lipinski definition) is 0. The third-order valence-electron chi connectivity index (χ3n) is 2.90. The lowest BCUT2D eigenvalue weighted by atomic mass is 10.2. The molecule has 0 amide bonds. The van der Waals surface area contributed by atoms with Gasteiger partial charge in [0.2, 0.25) is 10.0 Å². The Morgan fingerprint density at radius 1 is 1.20 bits per heavy atom. The quantitative estimate of drug-likeness (QED) is 0.704. The van der Waals surface area contributed by atoms with Gasteiger partial charge in [-0.25, -0.2) is 8.42 Å². The fraction of sp³-hybridized carbons (Fsp3) is 0.467. The smallest absolute Gasteiger partial charge is 0.236 e. The molecule has 112 valence electrons. The molecular formula is C15H23NO3S. The zero-order valence-corrected chi connectivity index (χ0v) is 13.0. The molecule has 1 aromatic rings. The molecule has 0 spiro atoms. The summed E-state index contributed by atoms with van der Waals surface area (Å²) in [6.45, 7) is 3.36. The molecule has 0 bridgehead atoms. The van der Waals surface area contributed by atoms with Crippen LogP contribution in [0, 0.1) is 0 Å². The van der Waals surface area contributed by atoms with Gasteiger partial charge >= 0.3 is 0 Å². The maximum absolute atomic E-state index is 12.3. The number of sulfonamides is 1. The van der Waals surface area contributed by atoms with Crippen molar-refractivity contribution in [3.05, 3.63) is 41.3 Å². The molecule has 5 heteroatoms. The van der Waals surface area contributed by atoms with Crippen LogP contribution in [0.15, 0.2) is 35.7 Å². The van der Waals surface area contributed by atoms with Gasteiger partial charge in [0.25, 0.3) is 0 Å². The van der Waals surface area contributed by atoms with Crippen LogP contribution in [-0.2, 0) is 14.8 Å². The lowest BCUT2D eigenvalue weighted by molar-refractivity contribution is 0.179. The number of methoxy groups -OCH3 is 1. The molecular weight excluding hydrogens is 274 g/mol. The van der Waals surface area contributed by atoms with Crippen LogP contribution >= 0.6 is 0 Å². The first kappa shape index (κ1) is 16.9. The van der Waals surface area contributed by atoms with Crippen LogP contribution in [0.3, 0.4) is 0 Å². The number of benzene rings is 1. The van der Waals surface area contributed by atoms with Gasteiger partial charge in [-0.2, -0.15) is 4.31 Å². The second-order valence-corrected chi connectivity index (χ2v) is 6.32. The number of hydrogen-bond acceptors (Lipinski definition) is 3. The van der Waals surface area contributed by atoms with Gasteiger partial charge in [-0.3, -0.25) is 0 Å². The predicted octanol–water partition coefficient (Wildman–Crippen LogP) is 2.74. The average molecular weight is 297 g/mol. The van der Waals surface area contributed by atoms with E-state index in [0.717, 1.165) is 18.4 Å². The fourth-order valence-corrected chi connectivity index (χ4v) is 2.92. The molecule has 0 heterocycles. The van der Waals surface area contributed by atoms with Crippen LogP contribution in [0.25, 0.3) is 6.08 Å². The van der Waals surface area contributed by atoms with E-state index in [0.29, 0.717) is 19.7 Å². The van der Waals surface area contributed by atoms with E-state index in [4.69, 9.17) is 4.74 Å². The topological polar surface area (TPSA) is 46.6 Å². The van der Waals surface area contributed by atoms with Gasteiger partial charge in [-0.15, -0.1) is 0 Å². The molecule has 0 aromatic heterocycles. The average Bonchev–Trinajstić information content (AvgIpc) is 2.46. The molecule has 0 fully saturated rings. The highest BCUT2D eigenvalue weighted by Crippen LogP contribution is 2.09. The fourth-order valence-electron chi connectivity index (χ4n) is 1.71. The predicted molar refractivity (Wildman–Crippen MR) is 82.8 cm³/mol. The minimum Gasteiger partial charge on any atom is -0.383 e. The standard InChI is InChI=1S/C15H23NO3S/c1-3-4-11-16(12-13-19-2)20(17,18)14-10-15-8-6-5-7-9-15/h5-10,14H,3-4,11-13H2,1-2H3/b14-10+. The van der Waals surface area contributed by atoms with Crippen LogP contribution in [0.4, 0.5) is 0 Å². The third-order valence-corrected chi connectivity index (χ3v) is 4.46. The van der Waals surface area contributed by atoms with E-state index in [9.17, 15) is 8.42 Å². The molecule has 0 saturated heterocycles. The Hall–Kier alpha value is -1.17. The van der Waals surface area contributed by atoms with Crippen molar-refractivity contribution in [3.63, 3.8) is 0 Å². The summed E-state index contributed by atoms with van der Waals surface area (Å²) >= 11 is 0. The van der Waals surface area contributed by atoms with Gasteiger partial charge in [0.1, 0.15) is 0 Å². The molecule has 0 unspecified atom stereocenters. The lowest BCUT2D eigenvalue weighted by Crippen LogP contribution is -2.33. The first-order valence-corrected chi connectivity index (χ1v) is 8.32. The van der Waals surface area contributed by atoms with Gasteiger partial charge in [0.05, 0.1) is 6.61 Å². The zero-order valence-electron chi connectivity index (χ0n) is 12.2. The molecule has 0 N–H and O–H groups in total. The number of nitrogens with zero attached hydrogens (tertiary/aromatic N) is 1. The largest absolute Gasteiger partial charge is 0.383 e. The maximum atomic E-state index is 12.3. The van der Waals surface area contributed by atoms with Crippen molar-refractivity contribution in [1.29, 1.82) is 0 Å². The Labute approximate surface area is 122 Å². The molecule has 0 aliphatic carbocycles. The van der Waals surface area contributed by atoms with Crippen molar-refractivity contribution in [3.8, 4) is 0 Å². The Kier molecular flexibility index (Phi) is 7.51. The van der Waals surface area contributed by atoms with E-state index < -0.39 is 10.0 Å². The zero-order chi connectivity index (χ0) is 14.8. The maximum Gasteiger partial charge on any atom is 0.236 e. The monoisotopic (exact) mass is 297 g/mol. The highest BCUT2D eigenvalue weighted by molar-refractivity contribution is 7.92. The Morgan fingerprint density at radius 2 is 1.90 bits per heavy atom. The molecule has 0 saturated carbocycles. The normalized spacial score (nSPS) is 12.3. The summed E-state index contributed by atoms with van der Waals surface area (Å²) in [5, 5.41) is 1.27. The highest BCUT2D eigenvalue weighted by Gasteiger charge is 2.17. The second kappa shape index (κ2) is 8.89. The van der Waals surface area contributed by atoms with Crippen LogP contribution in [0.1, 0.15) is 25.3 Å². The summed E-state index contributed by atoms with van der Waals surface area (Å²) in [6.07, 6.45) is 3.44. The molecule has 1 aromatic carbocycles. The molecule has 20 heavy (non-hydrogen) atoms. The second-order valence-electron chi connectivity index (χ2n) is 4.50. The van der Waals surface area contributed by atoms with E-state index in [1.165, 1.54) is 9.71 Å². The summed E-state index contributed by atoms with van der Waals surface area (Å²) in [4.78, 5) is 0. The van der Waals surface area contributed by atoms with Gasteiger partial charge in [-0.1, -0.05) is 43.7 Å². The van der Waals surface area contributed by atoms with Gasteiger partial charge in [0, 0.05) is 25.6 Å². The van der Waals surface area contributed by atoms with E-state index in [1.807, 2.05) is 37.3 Å². The first-order chi connectivity index (χ1) is 9.60. The van der Waals surface area contributed by atoms with Crippen molar-refractivity contribution >= 4 is 16.1 Å². The van der Waals surface area contributed by atoms with E-state index in [-0.39, 0.29) is 0 Å². The van der Waals surface area contributed by atoms with Crippen molar-refractivity contribution in [1.82, 2.24) is 4.31 Å². The summed E-state index contributed by atoms with van der Waals surface area (Å²) in [7, 11) is -1.82. The highest BCUT2D eigenvalue weighted by atomic mass is 32.2. The van der Waals surface area contributed by atoms with E-state index in [1.54, 1.807) is 13.2 Å². The first-order valence-electron chi connectivity index (χ1n) is 6.82. The van der Waals surface area contributed by atoms with Gasteiger partial charge < -0.3 is 4.74 Å². The van der Waals surface area contributed by atoms with Crippen molar-refractivity contribution < 1.29 is 13.2 Å². The van der Waals surface area contributed by atoms with E-state index in [2.05, 4.69) is 0 Å². The molecule has 1 rings (SSSR count). The molecule has 0 radical (unpaired) electrons. The van der Waals surface area contributed by atoms with Crippen molar-refractivity contribution in [2.75, 3.05) is 26.8 Å². The summed E-state index contributed by atoms with van der Waals surface area (Å²) in [5.41, 5.74) is 0.873. The SMILES string of the molecule is CCCCN(CCOC)S(=O)(=O)/C=C/c1ccccc1. The van der Waals surface area contributed by atoms with Crippen molar-refractivity contribution in [2.24, 2.45) is 0 Å². The van der Waals surface area contributed by atoms with E-state index >= 15 is 0 Å². The van der Waals surface area contributed by atoms with Crippen LogP contribution < -0.4 is 0 Å². The Morgan fingerprint density at radius 3 is 2.50 bits per heavy atom. The molecule has 0 aliphatic rings. The minimum absolute atomic E-state index is 0.387. The molecule has 4 nitrogen and oxygen atoms in total. The number of rotatable bonds is 9. The van der Waals surface area contributed by atoms with Crippen LogP contribution in [0.2, 0.25) is 0 Å². The molecule has 0 aliphatic heterocycles. The van der Waals surface area contributed by atoms with Gasteiger partial charge in [-0.05, 0) is 18.1 Å². The summed E-state index contributed by atoms with van der Waals surface area (Å²) in [6, 6.07) is 9.41. The Balaban J connectivity index is 2.78. The van der Waals surface area contributed by atoms with Crippen LogP contribution in [0.5, 0.6) is 0 Å². The lowest BCUT2D eigenvalue weighted by Gasteiger charge is -2.19. The van der Waals surface area contributed by atoms with Crippen molar-refractivity contribution in [2.45, 2.75) is 19.8 Å². The van der Waals surface area contributed by atoms with Gasteiger partial charge in [0.15, 0.2) is 0 Å². The number of ether oxygens (including phenoxy) is 1. The minimum atomic E-state index is -3.39. The summed E-state index contributed by atoms with van der Waals surface area (Å²) < 4.78 is 31.1. The molecule has 0 atom stereocenters. The third kappa shape index (κ3) is 5.86. The number of unbranched alkanes of at least 4 members (excludes halogenated alkanes) is 1. The summed E-state index contributed by atoms with van der Waals surface area (Å²) in [5.74, 6) is 0.